The average molecular weight is 126 g/mol. The van der Waals surface area contributed by atoms with Crippen LogP contribution in [0.2, 0.25) is 0 Å². The molecular formula is C5H11LiO3. The van der Waals surface area contributed by atoms with Gasteiger partial charge < -0.3 is 14.3 Å². The second-order valence-electron chi connectivity index (χ2n) is 1.23. The van der Waals surface area contributed by atoms with Gasteiger partial charge in [-0.1, -0.05) is 0 Å². The maximum absolute atomic E-state index is 9.60. The van der Waals surface area contributed by atoms with E-state index in [4.69, 9.17) is 4.74 Å². The van der Waals surface area contributed by atoms with E-state index in [0.717, 1.165) is 6.29 Å². The van der Waals surface area contributed by atoms with Crippen LogP contribution in [0.4, 0.5) is 0 Å². The first-order valence-corrected chi connectivity index (χ1v) is 2.42. The van der Waals surface area contributed by atoms with Crippen LogP contribution in [0.15, 0.2) is 0 Å². The molecule has 0 unspecified atom stereocenters. The monoisotopic (exact) mass is 126 g/mol. The molecule has 0 aromatic rings. The van der Waals surface area contributed by atoms with Crippen LogP contribution in [0.3, 0.4) is 0 Å². The van der Waals surface area contributed by atoms with Gasteiger partial charge in [-0.25, -0.2) is 0 Å². The Kier molecular flexibility index (Phi) is 14.6. The van der Waals surface area contributed by atoms with Gasteiger partial charge in [0.05, 0.1) is 13.2 Å². The molecule has 0 rings (SSSR count). The molecule has 0 fully saturated rings. The molecule has 0 aromatic heterocycles. The fourth-order valence-corrected chi connectivity index (χ4v) is 0.274. The van der Waals surface area contributed by atoms with Crippen LogP contribution in [-0.2, 0) is 14.3 Å². The quantitative estimate of drug-likeness (QED) is 0.275. The Balaban J connectivity index is 0. The molecule has 0 N–H and O–H groups in total. The van der Waals surface area contributed by atoms with Gasteiger partial charge in [-0.3, -0.25) is 0 Å². The molecule has 0 spiro atoms. The number of carbonyl (C=O) groups excluding carboxylic acids is 1. The molecule has 0 bridgehead atoms. The van der Waals surface area contributed by atoms with Gasteiger partial charge in [0, 0.05) is 7.11 Å². The first kappa shape index (κ1) is 11.9. The summed E-state index contributed by atoms with van der Waals surface area (Å²) < 4.78 is 9.38. The number of rotatable bonds is 5. The molecule has 0 heterocycles. The fraction of sp³-hybridized carbons (Fsp3) is 0.800. The number of methoxy groups -OCH3 is 1. The van der Waals surface area contributed by atoms with Gasteiger partial charge in [0.2, 0.25) is 0 Å². The van der Waals surface area contributed by atoms with E-state index in [-0.39, 0.29) is 25.5 Å². The van der Waals surface area contributed by atoms with E-state index in [1.807, 2.05) is 0 Å². The van der Waals surface area contributed by atoms with Crippen molar-refractivity contribution in [3.63, 3.8) is 0 Å². The molecule has 0 saturated carbocycles. The zero-order chi connectivity index (χ0) is 6.24. The SMILES string of the molecule is COCCOCC=O.[LiH]. The van der Waals surface area contributed by atoms with E-state index in [2.05, 4.69) is 4.74 Å². The van der Waals surface area contributed by atoms with Crippen molar-refractivity contribution in [2.24, 2.45) is 0 Å². The Morgan fingerprint density at radius 2 is 2.11 bits per heavy atom. The van der Waals surface area contributed by atoms with Crippen molar-refractivity contribution in [3.8, 4) is 0 Å². The molecule has 4 heteroatoms. The van der Waals surface area contributed by atoms with E-state index < -0.39 is 0 Å². The fourth-order valence-electron chi connectivity index (χ4n) is 0.274. The summed E-state index contributed by atoms with van der Waals surface area (Å²) >= 11 is 0. The molecule has 0 aliphatic carbocycles. The van der Waals surface area contributed by atoms with Gasteiger partial charge >= 0.3 is 18.9 Å². The standard InChI is InChI=1S/C5H10O3.Li.H/c1-7-4-5-8-3-2-6;;/h2H,3-5H2,1H3;;. The summed E-state index contributed by atoms with van der Waals surface area (Å²) in [5.41, 5.74) is 0. The second-order valence-corrected chi connectivity index (χ2v) is 1.23. The number of hydrogen-bond donors (Lipinski definition) is 0. The van der Waals surface area contributed by atoms with Gasteiger partial charge in [0.15, 0.2) is 0 Å². The van der Waals surface area contributed by atoms with Gasteiger partial charge in [0.1, 0.15) is 12.9 Å². The van der Waals surface area contributed by atoms with Crippen molar-refractivity contribution in [1.82, 2.24) is 0 Å². The van der Waals surface area contributed by atoms with Crippen molar-refractivity contribution in [3.05, 3.63) is 0 Å². The molecule has 0 radical (unpaired) electrons. The minimum absolute atomic E-state index is 0. The third-order valence-corrected chi connectivity index (χ3v) is 0.618. The summed E-state index contributed by atoms with van der Waals surface area (Å²) in [6.07, 6.45) is 0.718. The Bertz CT molecular complexity index is 58.2. The first-order valence-electron chi connectivity index (χ1n) is 2.42. The average Bonchev–Trinajstić information content (AvgIpc) is 1.81. The van der Waals surface area contributed by atoms with Crippen LogP contribution < -0.4 is 0 Å². The number of carbonyl (C=O) groups is 1. The normalized spacial score (nSPS) is 8.11. The Hall–Kier alpha value is 0.187. The first-order chi connectivity index (χ1) is 3.91. The Labute approximate surface area is 66.9 Å². The van der Waals surface area contributed by atoms with Crippen LogP contribution in [0.5, 0.6) is 0 Å². The number of ether oxygens (including phenoxy) is 2. The predicted octanol–water partition coefficient (Wildman–Crippen LogP) is -0.800. The summed E-state index contributed by atoms with van der Waals surface area (Å²) in [6, 6.07) is 0. The van der Waals surface area contributed by atoms with Gasteiger partial charge in [-0.2, -0.15) is 0 Å². The Morgan fingerprint density at radius 3 is 2.56 bits per heavy atom. The molecule has 0 aromatic carbocycles. The van der Waals surface area contributed by atoms with Crippen LogP contribution in [0, 0.1) is 0 Å². The third kappa shape index (κ3) is 11.6. The van der Waals surface area contributed by atoms with Crippen LogP contribution in [0.25, 0.3) is 0 Å². The van der Waals surface area contributed by atoms with Crippen molar-refractivity contribution in [2.45, 2.75) is 0 Å². The van der Waals surface area contributed by atoms with Crippen molar-refractivity contribution in [2.75, 3.05) is 26.9 Å². The molecule has 0 atom stereocenters. The third-order valence-electron chi connectivity index (χ3n) is 0.618. The van der Waals surface area contributed by atoms with Gasteiger partial charge in [-0.05, 0) is 0 Å². The van der Waals surface area contributed by atoms with E-state index in [0.29, 0.717) is 13.2 Å². The second kappa shape index (κ2) is 11.0. The molecular weight excluding hydrogens is 115 g/mol. The number of hydrogen-bond acceptors (Lipinski definition) is 3. The van der Waals surface area contributed by atoms with Crippen molar-refractivity contribution >= 4 is 25.1 Å². The van der Waals surface area contributed by atoms with E-state index in [9.17, 15) is 4.79 Å². The van der Waals surface area contributed by atoms with Gasteiger partial charge in [-0.15, -0.1) is 0 Å². The van der Waals surface area contributed by atoms with Crippen LogP contribution in [0.1, 0.15) is 0 Å². The van der Waals surface area contributed by atoms with Crippen LogP contribution in [-0.4, -0.2) is 52.1 Å². The molecule has 9 heavy (non-hydrogen) atoms. The summed E-state index contributed by atoms with van der Waals surface area (Å²) in [5, 5.41) is 0. The topological polar surface area (TPSA) is 35.5 Å². The number of aldehydes is 1. The summed E-state index contributed by atoms with van der Waals surface area (Å²) in [6.45, 7) is 1.21. The predicted molar refractivity (Wildman–Crippen MR) is 35.9 cm³/mol. The zero-order valence-electron chi connectivity index (χ0n) is 4.92. The zero-order valence-corrected chi connectivity index (χ0v) is 4.92. The summed E-state index contributed by atoms with van der Waals surface area (Å²) in [4.78, 5) is 9.60. The molecule has 0 amide bonds. The molecule has 0 aliphatic heterocycles. The molecule has 0 saturated heterocycles. The van der Waals surface area contributed by atoms with E-state index in [1.54, 1.807) is 7.11 Å². The summed E-state index contributed by atoms with van der Waals surface area (Å²) in [5.74, 6) is 0. The molecule has 3 nitrogen and oxygen atoms in total. The minimum atomic E-state index is 0. The van der Waals surface area contributed by atoms with E-state index >= 15 is 0 Å². The Morgan fingerprint density at radius 1 is 1.44 bits per heavy atom. The van der Waals surface area contributed by atoms with Crippen LogP contribution >= 0.6 is 0 Å². The van der Waals surface area contributed by atoms with Crippen molar-refractivity contribution in [1.29, 1.82) is 0 Å². The van der Waals surface area contributed by atoms with Crippen molar-refractivity contribution < 1.29 is 14.3 Å². The maximum atomic E-state index is 9.60. The van der Waals surface area contributed by atoms with E-state index in [1.165, 1.54) is 0 Å². The van der Waals surface area contributed by atoms with Gasteiger partial charge in [0.25, 0.3) is 0 Å². The molecule has 50 valence electrons. The molecule has 0 aliphatic rings. The summed E-state index contributed by atoms with van der Waals surface area (Å²) in [7, 11) is 1.59.